The molecule has 2 aromatic carbocycles. The standard InChI is InChI=1S/C21H19NO4S/c1-25-16-13-27-18-12-17(23)22(18)19(16)21(24)26-20(14-8-4-2-5-9-14)15-10-6-3-7-11-15/h2-11,18,20H,12-13H2,1H3/t18-/m1/s1. The molecular weight excluding hydrogens is 362 g/mol. The Balaban J connectivity index is 1.67. The summed E-state index contributed by atoms with van der Waals surface area (Å²) >= 11 is 1.60. The Morgan fingerprint density at radius 2 is 1.67 bits per heavy atom. The van der Waals surface area contributed by atoms with E-state index in [-0.39, 0.29) is 17.0 Å². The number of carbonyl (C=O) groups excluding carboxylic acids is 2. The molecular formula is C21H19NO4S. The van der Waals surface area contributed by atoms with Crippen LogP contribution in [0.2, 0.25) is 0 Å². The van der Waals surface area contributed by atoms with Crippen LogP contribution in [0.25, 0.3) is 0 Å². The van der Waals surface area contributed by atoms with E-state index in [1.165, 1.54) is 12.0 Å². The number of amides is 1. The van der Waals surface area contributed by atoms with E-state index in [0.29, 0.717) is 17.9 Å². The van der Waals surface area contributed by atoms with E-state index >= 15 is 0 Å². The summed E-state index contributed by atoms with van der Waals surface area (Å²) in [6, 6.07) is 19.2. The first-order valence-corrected chi connectivity index (χ1v) is 9.75. The van der Waals surface area contributed by atoms with Gasteiger partial charge in [0.15, 0.2) is 11.8 Å². The van der Waals surface area contributed by atoms with Crippen LogP contribution in [-0.4, -0.2) is 35.0 Å². The van der Waals surface area contributed by atoms with Gasteiger partial charge in [-0.25, -0.2) is 4.79 Å². The Morgan fingerprint density at radius 3 is 2.19 bits per heavy atom. The highest BCUT2D eigenvalue weighted by Crippen LogP contribution is 2.41. The monoisotopic (exact) mass is 381 g/mol. The molecule has 27 heavy (non-hydrogen) atoms. The first-order valence-electron chi connectivity index (χ1n) is 8.70. The number of carbonyl (C=O) groups is 2. The fourth-order valence-corrected chi connectivity index (χ4v) is 4.51. The summed E-state index contributed by atoms with van der Waals surface area (Å²) in [5.74, 6) is 0.415. The van der Waals surface area contributed by atoms with Crippen LogP contribution in [0.1, 0.15) is 23.7 Å². The van der Waals surface area contributed by atoms with Crippen molar-refractivity contribution in [2.24, 2.45) is 0 Å². The number of benzene rings is 2. The number of methoxy groups -OCH3 is 1. The zero-order valence-corrected chi connectivity index (χ0v) is 15.6. The lowest BCUT2D eigenvalue weighted by Crippen LogP contribution is -2.54. The van der Waals surface area contributed by atoms with Gasteiger partial charge in [-0.1, -0.05) is 60.7 Å². The van der Waals surface area contributed by atoms with Crippen molar-refractivity contribution >= 4 is 23.6 Å². The van der Waals surface area contributed by atoms with Gasteiger partial charge in [-0.15, -0.1) is 11.8 Å². The number of rotatable bonds is 5. The van der Waals surface area contributed by atoms with Crippen LogP contribution >= 0.6 is 11.8 Å². The predicted molar refractivity (Wildman–Crippen MR) is 103 cm³/mol. The van der Waals surface area contributed by atoms with Gasteiger partial charge in [0.25, 0.3) is 0 Å². The molecule has 0 aromatic heterocycles. The summed E-state index contributed by atoms with van der Waals surface area (Å²) in [4.78, 5) is 26.7. The lowest BCUT2D eigenvalue weighted by Gasteiger charge is -2.43. The number of thioether (sulfide) groups is 1. The van der Waals surface area contributed by atoms with Crippen LogP contribution in [0.15, 0.2) is 72.1 Å². The Labute approximate surface area is 162 Å². The van der Waals surface area contributed by atoms with Crippen LogP contribution < -0.4 is 0 Å². The number of esters is 1. The number of ether oxygens (including phenoxy) is 2. The molecule has 1 saturated heterocycles. The predicted octanol–water partition coefficient (Wildman–Crippen LogP) is 3.48. The van der Waals surface area contributed by atoms with Gasteiger partial charge in [-0.05, 0) is 11.1 Å². The molecule has 1 atom stereocenters. The fraction of sp³-hybridized carbons (Fsp3) is 0.238. The molecule has 0 radical (unpaired) electrons. The van der Waals surface area contributed by atoms with E-state index in [2.05, 4.69) is 0 Å². The summed E-state index contributed by atoms with van der Waals surface area (Å²) in [7, 11) is 1.51. The highest BCUT2D eigenvalue weighted by atomic mass is 32.2. The molecule has 0 bridgehead atoms. The van der Waals surface area contributed by atoms with Gasteiger partial charge >= 0.3 is 5.97 Å². The largest absolute Gasteiger partial charge is 0.498 e. The number of hydrogen-bond donors (Lipinski definition) is 0. The van der Waals surface area contributed by atoms with Crippen molar-refractivity contribution in [2.75, 3.05) is 12.9 Å². The smallest absolute Gasteiger partial charge is 0.359 e. The minimum atomic E-state index is -0.560. The van der Waals surface area contributed by atoms with E-state index in [1.54, 1.807) is 11.8 Å². The van der Waals surface area contributed by atoms with Crippen LogP contribution in [0.3, 0.4) is 0 Å². The van der Waals surface area contributed by atoms with Gasteiger partial charge < -0.3 is 9.47 Å². The van der Waals surface area contributed by atoms with Crippen molar-refractivity contribution in [1.29, 1.82) is 0 Å². The summed E-state index contributed by atoms with van der Waals surface area (Å²) in [5.41, 5.74) is 1.97. The molecule has 0 aliphatic carbocycles. The molecule has 2 aliphatic rings. The van der Waals surface area contributed by atoms with Gasteiger partial charge in [0.1, 0.15) is 5.76 Å². The van der Waals surface area contributed by atoms with E-state index in [9.17, 15) is 9.59 Å². The molecule has 2 aromatic rings. The SMILES string of the molecule is COC1=C(C(=O)OC(c2ccccc2)c2ccccc2)N2C(=O)C[C@H]2SC1. The molecule has 0 unspecified atom stereocenters. The topological polar surface area (TPSA) is 55.8 Å². The first-order chi connectivity index (χ1) is 13.2. The van der Waals surface area contributed by atoms with Crippen molar-refractivity contribution in [2.45, 2.75) is 17.9 Å². The van der Waals surface area contributed by atoms with E-state index in [1.807, 2.05) is 60.7 Å². The average molecular weight is 381 g/mol. The molecule has 1 fully saturated rings. The Kier molecular flexibility index (Phi) is 4.90. The van der Waals surface area contributed by atoms with Crippen LogP contribution in [-0.2, 0) is 19.1 Å². The van der Waals surface area contributed by atoms with Crippen LogP contribution in [0, 0.1) is 0 Å². The third-order valence-corrected chi connectivity index (χ3v) is 5.88. The van der Waals surface area contributed by atoms with Crippen molar-refractivity contribution in [3.8, 4) is 0 Å². The van der Waals surface area contributed by atoms with Crippen molar-refractivity contribution in [1.82, 2.24) is 4.90 Å². The number of β-lactam (4-membered cyclic amide) rings is 1. The third-order valence-electron chi connectivity index (χ3n) is 4.69. The molecule has 2 aliphatic heterocycles. The fourth-order valence-electron chi connectivity index (χ4n) is 3.28. The lowest BCUT2D eigenvalue weighted by atomic mass is 10.0. The highest BCUT2D eigenvalue weighted by molar-refractivity contribution is 8.00. The Hall–Kier alpha value is -2.73. The van der Waals surface area contributed by atoms with E-state index < -0.39 is 12.1 Å². The highest BCUT2D eigenvalue weighted by Gasteiger charge is 2.47. The van der Waals surface area contributed by atoms with Crippen molar-refractivity contribution in [3.63, 3.8) is 0 Å². The number of nitrogens with zero attached hydrogens (tertiary/aromatic N) is 1. The molecule has 138 valence electrons. The average Bonchev–Trinajstić information content (AvgIpc) is 2.71. The molecule has 0 N–H and O–H groups in total. The van der Waals surface area contributed by atoms with Crippen LogP contribution in [0.4, 0.5) is 0 Å². The van der Waals surface area contributed by atoms with Crippen molar-refractivity contribution in [3.05, 3.63) is 83.2 Å². The zero-order chi connectivity index (χ0) is 18.8. The molecule has 5 nitrogen and oxygen atoms in total. The zero-order valence-electron chi connectivity index (χ0n) is 14.8. The third kappa shape index (κ3) is 3.32. The van der Waals surface area contributed by atoms with Gasteiger partial charge in [-0.3, -0.25) is 9.69 Å². The lowest BCUT2D eigenvalue weighted by molar-refractivity contribution is -0.152. The first kappa shape index (κ1) is 17.7. The second-order valence-electron chi connectivity index (χ2n) is 6.32. The number of hydrogen-bond acceptors (Lipinski definition) is 5. The van der Waals surface area contributed by atoms with Gasteiger partial charge in [0.2, 0.25) is 5.91 Å². The minimum Gasteiger partial charge on any atom is -0.498 e. The Bertz CT molecular complexity index is 842. The quantitative estimate of drug-likeness (QED) is 0.586. The Morgan fingerprint density at radius 1 is 1.07 bits per heavy atom. The van der Waals surface area contributed by atoms with Gasteiger partial charge in [0, 0.05) is 0 Å². The molecule has 0 saturated carbocycles. The maximum absolute atomic E-state index is 13.1. The summed E-state index contributed by atoms with van der Waals surface area (Å²) in [6.45, 7) is 0. The second-order valence-corrected chi connectivity index (χ2v) is 7.48. The summed E-state index contributed by atoms with van der Waals surface area (Å²) < 4.78 is 11.3. The van der Waals surface area contributed by atoms with E-state index in [4.69, 9.17) is 9.47 Å². The summed E-state index contributed by atoms with van der Waals surface area (Å²) in [6.07, 6.45) is -0.117. The summed E-state index contributed by atoms with van der Waals surface area (Å²) in [5, 5.41) is -0.00847. The second kappa shape index (κ2) is 7.48. The maximum atomic E-state index is 13.1. The molecule has 2 heterocycles. The van der Waals surface area contributed by atoms with Crippen molar-refractivity contribution < 1.29 is 19.1 Å². The molecule has 1 amide bonds. The molecule has 6 heteroatoms. The van der Waals surface area contributed by atoms with Gasteiger partial charge in [0.05, 0.1) is 24.7 Å². The van der Waals surface area contributed by atoms with E-state index in [0.717, 1.165) is 11.1 Å². The normalized spacial score (nSPS) is 18.8. The van der Waals surface area contributed by atoms with Gasteiger partial charge in [-0.2, -0.15) is 0 Å². The minimum absolute atomic E-state index is 0.00847. The molecule has 0 spiro atoms. The maximum Gasteiger partial charge on any atom is 0.359 e. The number of fused-ring (bicyclic) bond motifs is 1. The van der Waals surface area contributed by atoms with Crippen LogP contribution in [0.5, 0.6) is 0 Å². The molecule has 4 rings (SSSR count).